The molecule has 0 fully saturated rings. The number of hydrogen-bond donors (Lipinski definition) is 2. The molecule has 2 aromatic carbocycles. The number of nitrogens with one attached hydrogen (secondary N) is 1. The van der Waals surface area contributed by atoms with Gasteiger partial charge in [0.15, 0.2) is 0 Å². The van der Waals surface area contributed by atoms with Crippen molar-refractivity contribution < 1.29 is 23.3 Å². The molecule has 1 heterocycles. The number of anilines is 1. The molecule has 138 valence electrons. The minimum Gasteiger partial charge on any atom is -0.289 e. The molecule has 1 aliphatic heterocycles. The fourth-order valence-electron chi connectivity index (χ4n) is 3.18. The van der Waals surface area contributed by atoms with Gasteiger partial charge in [0.1, 0.15) is 0 Å². The molecule has 2 aromatic rings. The number of hydrogen-bond acceptors (Lipinski definition) is 6. The summed E-state index contributed by atoms with van der Waals surface area (Å²) in [6, 6.07) is 7.29. The molecule has 10 heteroatoms. The van der Waals surface area contributed by atoms with Crippen molar-refractivity contribution in [3.05, 3.63) is 40.4 Å². The van der Waals surface area contributed by atoms with Gasteiger partial charge in [-0.1, -0.05) is 12.5 Å². The molecule has 0 aliphatic carbocycles. The third-order valence-corrected chi connectivity index (χ3v) is 6.24. The van der Waals surface area contributed by atoms with Crippen molar-refractivity contribution in [2.45, 2.75) is 30.6 Å². The fourth-order valence-corrected chi connectivity index (χ4v) is 4.93. The molecule has 3 rings (SSSR count). The van der Waals surface area contributed by atoms with Gasteiger partial charge in [-0.25, -0.2) is 13.9 Å². The topological polar surface area (TPSA) is 130 Å². The average Bonchev–Trinajstić information content (AvgIpc) is 2.83. The summed E-state index contributed by atoms with van der Waals surface area (Å²) in [4.78, 5) is 21.7. The largest absolute Gasteiger partial charge is 0.289 e. The number of nitrogens with zero attached hydrogens (tertiary/aromatic N) is 2. The van der Waals surface area contributed by atoms with Crippen molar-refractivity contribution in [1.82, 2.24) is 5.48 Å². The molecule has 1 aliphatic rings. The molecular weight excluding hydrogens is 362 g/mol. The number of non-ortho nitro benzene ring substituents is 1. The summed E-state index contributed by atoms with van der Waals surface area (Å²) in [5.74, 6) is -0.483. The molecule has 0 bridgehead atoms. The fraction of sp³-hybridized carbons (Fsp3) is 0.312. The first-order valence-electron chi connectivity index (χ1n) is 8.03. The van der Waals surface area contributed by atoms with Crippen LogP contribution in [0.25, 0.3) is 10.8 Å². The van der Waals surface area contributed by atoms with Crippen LogP contribution in [0.15, 0.2) is 35.2 Å². The first-order chi connectivity index (χ1) is 12.4. The number of rotatable bonds is 7. The van der Waals surface area contributed by atoms with Gasteiger partial charge in [-0.05, 0) is 31.0 Å². The smallest absolute Gasteiger partial charge is 0.277 e. The van der Waals surface area contributed by atoms with Crippen molar-refractivity contribution in [1.29, 1.82) is 0 Å². The van der Waals surface area contributed by atoms with Gasteiger partial charge in [0.2, 0.25) is 5.91 Å². The second kappa shape index (κ2) is 6.89. The van der Waals surface area contributed by atoms with E-state index in [1.165, 1.54) is 28.6 Å². The Bertz CT molecular complexity index is 989. The molecule has 1 amide bonds. The highest BCUT2D eigenvalue weighted by molar-refractivity contribution is 7.93. The first-order valence-corrected chi connectivity index (χ1v) is 9.47. The molecule has 0 saturated carbocycles. The lowest BCUT2D eigenvalue weighted by atomic mass is 10.1. The van der Waals surface area contributed by atoms with Crippen LogP contribution >= 0.6 is 0 Å². The van der Waals surface area contributed by atoms with Crippen molar-refractivity contribution in [2.24, 2.45) is 0 Å². The summed E-state index contributed by atoms with van der Waals surface area (Å²) in [6.45, 7) is 0.213. The zero-order valence-electron chi connectivity index (χ0n) is 13.7. The molecule has 0 unspecified atom stereocenters. The summed E-state index contributed by atoms with van der Waals surface area (Å²) >= 11 is 0. The standard InChI is InChI=1S/C16H17N3O6S/c20-15(17-21)7-2-1-3-10-18-13-9-8-12(19(22)23)11-5-4-6-14(16(11)13)26(18,24)25/h4-6,8-9,21H,1-3,7,10H2,(H,17,20). The summed E-state index contributed by atoms with van der Waals surface area (Å²) < 4.78 is 26.9. The van der Waals surface area contributed by atoms with Gasteiger partial charge < -0.3 is 0 Å². The minimum atomic E-state index is -3.76. The quantitative estimate of drug-likeness (QED) is 0.329. The summed E-state index contributed by atoms with van der Waals surface area (Å²) in [5, 5.41) is 20.3. The molecule has 0 aromatic heterocycles. The van der Waals surface area contributed by atoms with Crippen LogP contribution in [0.4, 0.5) is 11.4 Å². The predicted molar refractivity (Wildman–Crippen MR) is 93.5 cm³/mol. The van der Waals surface area contributed by atoms with Gasteiger partial charge in [-0.2, -0.15) is 0 Å². The molecule has 9 nitrogen and oxygen atoms in total. The number of sulfonamides is 1. The Morgan fingerprint density at radius 2 is 1.96 bits per heavy atom. The van der Waals surface area contributed by atoms with E-state index in [0.717, 1.165) is 0 Å². The molecule has 0 spiro atoms. The van der Waals surface area contributed by atoms with Gasteiger partial charge >= 0.3 is 0 Å². The summed E-state index contributed by atoms with van der Waals surface area (Å²) in [5.41, 5.74) is 1.86. The van der Waals surface area contributed by atoms with Gasteiger partial charge in [0.25, 0.3) is 15.7 Å². The Morgan fingerprint density at radius 1 is 1.19 bits per heavy atom. The van der Waals surface area contributed by atoms with Gasteiger partial charge in [-0.15, -0.1) is 0 Å². The predicted octanol–water partition coefficient (Wildman–Crippen LogP) is 2.32. The number of unbranched alkanes of at least 4 members (excludes halogenated alkanes) is 2. The van der Waals surface area contributed by atoms with E-state index < -0.39 is 20.9 Å². The highest BCUT2D eigenvalue weighted by Crippen LogP contribution is 2.45. The van der Waals surface area contributed by atoms with Crippen LogP contribution in [0.5, 0.6) is 0 Å². The number of carbonyl (C=O) groups is 1. The second-order valence-electron chi connectivity index (χ2n) is 5.96. The Balaban J connectivity index is 1.86. The van der Waals surface area contributed by atoms with E-state index in [4.69, 9.17) is 5.21 Å². The Kier molecular flexibility index (Phi) is 4.79. The van der Waals surface area contributed by atoms with Crippen molar-refractivity contribution in [3.63, 3.8) is 0 Å². The second-order valence-corrected chi connectivity index (χ2v) is 7.79. The molecule has 0 radical (unpaired) electrons. The maximum absolute atomic E-state index is 12.8. The number of carbonyl (C=O) groups excluding carboxylic acids is 1. The van der Waals surface area contributed by atoms with E-state index in [0.29, 0.717) is 35.7 Å². The zero-order chi connectivity index (χ0) is 18.9. The van der Waals surface area contributed by atoms with Gasteiger partial charge in [-0.3, -0.25) is 24.4 Å². The SMILES string of the molecule is O=C(CCCCCN1c2ccc([N+](=O)[O-])c3cccc(c23)S1(=O)=O)NO. The Labute approximate surface area is 149 Å². The molecule has 0 saturated heterocycles. The van der Waals surface area contributed by atoms with Crippen molar-refractivity contribution in [2.75, 3.05) is 10.8 Å². The monoisotopic (exact) mass is 379 g/mol. The maximum atomic E-state index is 12.8. The first kappa shape index (κ1) is 18.1. The number of nitro groups is 1. The Morgan fingerprint density at radius 3 is 2.65 bits per heavy atom. The summed E-state index contributed by atoms with van der Waals surface area (Å²) in [7, 11) is -3.76. The van der Waals surface area contributed by atoms with Crippen LogP contribution in [0.1, 0.15) is 25.7 Å². The molecular formula is C16H17N3O6S. The number of hydroxylamine groups is 1. The van der Waals surface area contributed by atoms with Crippen molar-refractivity contribution in [3.8, 4) is 0 Å². The third-order valence-electron chi connectivity index (χ3n) is 4.38. The lowest BCUT2D eigenvalue weighted by Gasteiger charge is -2.18. The van der Waals surface area contributed by atoms with E-state index in [1.807, 2.05) is 0 Å². The number of amides is 1. The highest BCUT2D eigenvalue weighted by atomic mass is 32.2. The average molecular weight is 379 g/mol. The van der Waals surface area contributed by atoms with E-state index in [-0.39, 0.29) is 23.5 Å². The molecule has 0 atom stereocenters. The van der Waals surface area contributed by atoms with Crippen LogP contribution in [0.3, 0.4) is 0 Å². The number of benzene rings is 2. The van der Waals surface area contributed by atoms with Crippen LogP contribution < -0.4 is 9.79 Å². The van der Waals surface area contributed by atoms with Crippen LogP contribution in [-0.4, -0.2) is 31.0 Å². The zero-order valence-corrected chi connectivity index (χ0v) is 14.5. The van der Waals surface area contributed by atoms with Crippen LogP contribution in [0.2, 0.25) is 0 Å². The minimum absolute atomic E-state index is 0.0772. The van der Waals surface area contributed by atoms with E-state index in [2.05, 4.69) is 0 Å². The third kappa shape index (κ3) is 2.97. The van der Waals surface area contributed by atoms with E-state index in [1.54, 1.807) is 11.5 Å². The van der Waals surface area contributed by atoms with Gasteiger partial charge in [0.05, 0.1) is 20.9 Å². The molecule has 26 heavy (non-hydrogen) atoms. The van der Waals surface area contributed by atoms with Crippen LogP contribution in [0, 0.1) is 10.1 Å². The van der Waals surface area contributed by atoms with Gasteiger partial charge in [0, 0.05) is 24.4 Å². The Hall–Kier alpha value is -2.72. The van der Waals surface area contributed by atoms with Crippen molar-refractivity contribution >= 4 is 38.1 Å². The highest BCUT2D eigenvalue weighted by Gasteiger charge is 2.36. The molecule has 2 N–H and O–H groups in total. The number of nitro benzene ring substituents is 1. The normalized spacial score (nSPS) is 14.6. The van der Waals surface area contributed by atoms with E-state index in [9.17, 15) is 23.3 Å². The van der Waals surface area contributed by atoms with E-state index >= 15 is 0 Å². The maximum Gasteiger partial charge on any atom is 0.277 e. The lowest BCUT2D eigenvalue weighted by Crippen LogP contribution is -2.28. The lowest BCUT2D eigenvalue weighted by molar-refractivity contribution is -0.383. The summed E-state index contributed by atoms with van der Waals surface area (Å²) in [6.07, 6.45) is 1.80. The van der Waals surface area contributed by atoms with Crippen LogP contribution in [-0.2, 0) is 14.8 Å².